The van der Waals surface area contributed by atoms with Gasteiger partial charge in [0.1, 0.15) is 0 Å². The molecule has 0 aliphatic rings. The maximum absolute atomic E-state index is 10.8. The van der Waals surface area contributed by atoms with E-state index < -0.39 is 5.76 Å². The number of aromatic amines is 1. The summed E-state index contributed by atoms with van der Waals surface area (Å²) in [5.74, 6) is -0.458. The van der Waals surface area contributed by atoms with Crippen LogP contribution < -0.4 is 11.5 Å². The fourth-order valence-corrected chi connectivity index (χ4v) is 1.31. The molecule has 0 radical (unpaired) electrons. The Morgan fingerprint density at radius 2 is 2.31 bits per heavy atom. The van der Waals surface area contributed by atoms with Crippen LogP contribution in [0.3, 0.4) is 0 Å². The summed E-state index contributed by atoms with van der Waals surface area (Å²) < 4.78 is 4.86. The minimum atomic E-state index is -0.458. The Morgan fingerprint density at radius 3 is 3.00 bits per heavy atom. The van der Waals surface area contributed by atoms with Crippen LogP contribution in [0.15, 0.2) is 27.4 Å². The normalized spacial score (nSPS) is 13.4. The van der Waals surface area contributed by atoms with Crippen LogP contribution >= 0.6 is 12.6 Å². The Labute approximate surface area is 79.1 Å². The predicted molar refractivity (Wildman–Crippen MR) is 52.7 cm³/mol. The van der Waals surface area contributed by atoms with Crippen LogP contribution in [-0.2, 0) is 0 Å². The van der Waals surface area contributed by atoms with E-state index in [2.05, 4.69) is 17.6 Å². The highest BCUT2D eigenvalue weighted by Crippen LogP contribution is 2.18. The number of thiol groups is 1. The van der Waals surface area contributed by atoms with Crippen LogP contribution in [0.1, 0.15) is 10.9 Å². The highest BCUT2D eigenvalue weighted by Gasteiger charge is 2.04. The van der Waals surface area contributed by atoms with Gasteiger partial charge in [0.2, 0.25) is 0 Å². The molecule has 0 fully saturated rings. The second kappa shape index (κ2) is 2.93. The van der Waals surface area contributed by atoms with Gasteiger partial charge in [-0.2, -0.15) is 12.6 Å². The summed E-state index contributed by atoms with van der Waals surface area (Å²) in [5.41, 5.74) is 7.54. The first-order valence-corrected chi connectivity index (χ1v) is 4.25. The van der Waals surface area contributed by atoms with Gasteiger partial charge in [-0.15, -0.1) is 0 Å². The topological polar surface area (TPSA) is 72.0 Å². The standard InChI is InChI=1S/C8H8N2O2S/c9-7(13)4-1-2-5-6(3-4)12-8(11)10-5/h1-3,7,13H,9H2,(H,10,11). The molecule has 68 valence electrons. The van der Waals surface area contributed by atoms with Gasteiger partial charge in [-0.05, 0) is 17.7 Å². The molecular formula is C8H8N2O2S. The lowest BCUT2D eigenvalue weighted by molar-refractivity contribution is 0.555. The molecule has 2 rings (SSSR count). The Bertz CT molecular complexity index is 486. The number of oxazole rings is 1. The second-order valence-electron chi connectivity index (χ2n) is 2.71. The number of hydrogen-bond donors (Lipinski definition) is 3. The molecule has 0 saturated heterocycles. The average molecular weight is 196 g/mol. The zero-order chi connectivity index (χ0) is 9.42. The van der Waals surface area contributed by atoms with Crippen molar-refractivity contribution in [2.75, 3.05) is 0 Å². The number of nitrogens with two attached hydrogens (primary N) is 1. The van der Waals surface area contributed by atoms with Gasteiger partial charge in [0.25, 0.3) is 0 Å². The van der Waals surface area contributed by atoms with E-state index >= 15 is 0 Å². The van der Waals surface area contributed by atoms with Crippen molar-refractivity contribution in [1.82, 2.24) is 4.98 Å². The van der Waals surface area contributed by atoms with Crippen molar-refractivity contribution in [1.29, 1.82) is 0 Å². The van der Waals surface area contributed by atoms with Crippen LogP contribution in [0.25, 0.3) is 11.1 Å². The molecule has 0 amide bonds. The van der Waals surface area contributed by atoms with E-state index in [1.807, 2.05) is 0 Å². The van der Waals surface area contributed by atoms with Crippen LogP contribution in [0, 0.1) is 0 Å². The van der Waals surface area contributed by atoms with E-state index in [1.54, 1.807) is 18.2 Å². The zero-order valence-electron chi connectivity index (χ0n) is 6.65. The smallest absolute Gasteiger partial charge is 0.408 e. The van der Waals surface area contributed by atoms with Crippen molar-refractivity contribution >= 4 is 23.7 Å². The zero-order valence-corrected chi connectivity index (χ0v) is 7.54. The van der Waals surface area contributed by atoms with Crippen molar-refractivity contribution in [2.24, 2.45) is 5.73 Å². The number of aromatic nitrogens is 1. The van der Waals surface area contributed by atoms with Gasteiger partial charge in [0.15, 0.2) is 5.58 Å². The van der Waals surface area contributed by atoms with E-state index in [1.165, 1.54) is 0 Å². The van der Waals surface area contributed by atoms with Crippen LogP contribution in [0.4, 0.5) is 0 Å². The lowest BCUT2D eigenvalue weighted by atomic mass is 10.2. The van der Waals surface area contributed by atoms with Crippen molar-refractivity contribution < 1.29 is 4.42 Å². The Balaban J connectivity index is 2.68. The van der Waals surface area contributed by atoms with E-state index in [9.17, 15) is 4.79 Å². The molecule has 0 spiro atoms. The molecule has 1 aromatic carbocycles. The first-order chi connectivity index (χ1) is 6.16. The first kappa shape index (κ1) is 8.40. The van der Waals surface area contributed by atoms with Crippen molar-refractivity contribution in [3.05, 3.63) is 34.3 Å². The van der Waals surface area contributed by atoms with Gasteiger partial charge in [-0.3, -0.25) is 4.98 Å². The lowest BCUT2D eigenvalue weighted by Crippen LogP contribution is -2.01. The maximum Gasteiger partial charge on any atom is 0.417 e. The molecule has 1 heterocycles. The number of benzene rings is 1. The second-order valence-corrected chi connectivity index (χ2v) is 3.27. The van der Waals surface area contributed by atoms with Gasteiger partial charge in [0, 0.05) is 0 Å². The number of fused-ring (bicyclic) bond motifs is 1. The lowest BCUT2D eigenvalue weighted by Gasteiger charge is -2.02. The summed E-state index contributed by atoms with van der Waals surface area (Å²) in [6, 6.07) is 5.24. The summed E-state index contributed by atoms with van der Waals surface area (Å²) in [5, 5.41) is -0.357. The van der Waals surface area contributed by atoms with Crippen molar-refractivity contribution in [2.45, 2.75) is 5.37 Å². The van der Waals surface area contributed by atoms with Gasteiger partial charge in [0.05, 0.1) is 10.9 Å². The first-order valence-electron chi connectivity index (χ1n) is 3.73. The van der Waals surface area contributed by atoms with Gasteiger partial charge >= 0.3 is 5.76 Å². The highest BCUT2D eigenvalue weighted by molar-refractivity contribution is 7.80. The summed E-state index contributed by atoms with van der Waals surface area (Å²) >= 11 is 4.07. The largest absolute Gasteiger partial charge is 0.417 e. The SMILES string of the molecule is NC(S)c1ccc2[nH]c(=O)oc2c1. The Hall–Kier alpha value is -1.20. The summed E-state index contributed by atoms with van der Waals surface area (Å²) in [4.78, 5) is 13.3. The predicted octanol–water partition coefficient (Wildman–Crippen LogP) is 1.01. The third kappa shape index (κ3) is 1.48. The number of rotatable bonds is 1. The Morgan fingerprint density at radius 1 is 1.54 bits per heavy atom. The van der Waals surface area contributed by atoms with E-state index in [0.29, 0.717) is 11.1 Å². The van der Waals surface area contributed by atoms with Crippen LogP contribution in [0.2, 0.25) is 0 Å². The van der Waals surface area contributed by atoms with Crippen LogP contribution in [0.5, 0.6) is 0 Å². The molecule has 1 atom stereocenters. The molecule has 0 bridgehead atoms. The van der Waals surface area contributed by atoms with E-state index in [0.717, 1.165) is 5.56 Å². The number of hydrogen-bond acceptors (Lipinski definition) is 4. The molecule has 4 nitrogen and oxygen atoms in total. The van der Waals surface area contributed by atoms with E-state index in [4.69, 9.17) is 10.2 Å². The summed E-state index contributed by atoms with van der Waals surface area (Å²) in [6.45, 7) is 0. The third-order valence-corrected chi connectivity index (χ3v) is 2.08. The monoisotopic (exact) mass is 196 g/mol. The fourth-order valence-electron chi connectivity index (χ4n) is 1.15. The number of nitrogens with one attached hydrogen (secondary N) is 1. The van der Waals surface area contributed by atoms with Gasteiger partial charge in [-0.25, -0.2) is 4.79 Å². The molecule has 0 aliphatic carbocycles. The molecule has 0 saturated carbocycles. The quantitative estimate of drug-likeness (QED) is 0.471. The molecule has 1 aromatic heterocycles. The average Bonchev–Trinajstić information content (AvgIpc) is 2.42. The third-order valence-electron chi connectivity index (χ3n) is 1.79. The van der Waals surface area contributed by atoms with Crippen molar-refractivity contribution in [3.63, 3.8) is 0 Å². The molecular weight excluding hydrogens is 188 g/mol. The Kier molecular flexibility index (Phi) is 1.90. The minimum absolute atomic E-state index is 0.357. The maximum atomic E-state index is 10.8. The number of H-pyrrole nitrogens is 1. The minimum Gasteiger partial charge on any atom is -0.408 e. The summed E-state index contributed by atoms with van der Waals surface area (Å²) in [6.07, 6.45) is 0. The molecule has 3 N–H and O–H groups in total. The van der Waals surface area contributed by atoms with Gasteiger partial charge in [-0.1, -0.05) is 6.07 Å². The highest BCUT2D eigenvalue weighted by atomic mass is 32.1. The molecule has 5 heteroatoms. The fraction of sp³-hybridized carbons (Fsp3) is 0.125. The van der Waals surface area contributed by atoms with E-state index in [-0.39, 0.29) is 5.37 Å². The molecule has 0 aliphatic heterocycles. The van der Waals surface area contributed by atoms with Crippen LogP contribution in [-0.4, -0.2) is 4.98 Å². The van der Waals surface area contributed by atoms with Crippen molar-refractivity contribution in [3.8, 4) is 0 Å². The molecule has 13 heavy (non-hydrogen) atoms. The molecule has 1 unspecified atom stereocenters. The van der Waals surface area contributed by atoms with Gasteiger partial charge < -0.3 is 10.2 Å². The molecule has 2 aromatic rings. The summed E-state index contributed by atoms with van der Waals surface area (Å²) in [7, 11) is 0.